The van der Waals surface area contributed by atoms with E-state index in [1.54, 1.807) is 0 Å². The second-order valence-corrected chi connectivity index (χ2v) is 6.51. The summed E-state index contributed by atoms with van der Waals surface area (Å²) in [5, 5.41) is 2.09. The van der Waals surface area contributed by atoms with Crippen LogP contribution in [0, 0.1) is 0 Å². The fourth-order valence-corrected chi connectivity index (χ4v) is 2.37. The average molecular weight is 500 g/mol. The van der Waals surface area contributed by atoms with E-state index in [1.807, 2.05) is 0 Å². The molecule has 3 N–H and O–H groups in total. The Morgan fingerprint density at radius 2 is 1.38 bits per heavy atom. The Morgan fingerprint density at radius 3 is 1.79 bits per heavy atom. The molecule has 34 heavy (non-hydrogen) atoms. The van der Waals surface area contributed by atoms with Gasteiger partial charge in [0, 0.05) is 18.0 Å². The summed E-state index contributed by atoms with van der Waals surface area (Å²) in [4.78, 5) is 26.4. The Balaban J connectivity index is 2.36. The number of hydrogen-bond donors (Lipinski definition) is 2. The van der Waals surface area contributed by atoms with Crippen molar-refractivity contribution in [3.63, 3.8) is 0 Å². The first kappa shape index (κ1) is 26.5. The molecule has 1 aromatic heterocycles. The van der Waals surface area contributed by atoms with Crippen LogP contribution in [-0.4, -0.2) is 34.1 Å². The lowest BCUT2D eigenvalue weighted by Crippen LogP contribution is -2.38. The molecule has 0 saturated heterocycles. The second kappa shape index (κ2) is 9.64. The van der Waals surface area contributed by atoms with Crippen molar-refractivity contribution in [2.24, 2.45) is 15.7 Å². The van der Waals surface area contributed by atoms with Crippen molar-refractivity contribution in [2.75, 3.05) is 0 Å². The summed E-state index contributed by atoms with van der Waals surface area (Å²) in [6.07, 6.45) is -13.5. The van der Waals surface area contributed by atoms with Crippen molar-refractivity contribution < 1.29 is 44.3 Å². The Hall–Kier alpha value is -3.72. The molecule has 16 heteroatoms. The molecule has 1 atom stereocenters. The summed E-state index contributed by atoms with van der Waals surface area (Å²) in [5.74, 6) is -2.29. The normalized spacial score (nSPS) is 14.4. The van der Waals surface area contributed by atoms with Gasteiger partial charge in [0.15, 0.2) is 5.84 Å². The fourth-order valence-electron chi connectivity index (χ4n) is 2.37. The van der Waals surface area contributed by atoms with Gasteiger partial charge in [-0.05, 0) is 25.1 Å². The van der Waals surface area contributed by atoms with E-state index in [2.05, 4.69) is 25.3 Å². The first-order chi connectivity index (χ1) is 15.5. The lowest BCUT2D eigenvalue weighted by atomic mass is 10.0. The van der Waals surface area contributed by atoms with Crippen LogP contribution in [0.4, 0.5) is 45.5 Å². The van der Waals surface area contributed by atoms with Crippen LogP contribution in [0.1, 0.15) is 34.0 Å². The maximum Gasteiger partial charge on any atom is 0.419 e. The van der Waals surface area contributed by atoms with E-state index in [-0.39, 0.29) is 18.2 Å². The van der Waals surface area contributed by atoms with E-state index in [4.69, 9.17) is 5.73 Å². The van der Waals surface area contributed by atoms with Gasteiger partial charge < -0.3 is 11.1 Å². The summed E-state index contributed by atoms with van der Waals surface area (Å²) in [6.45, 7) is 1.19. The number of amidine groups is 1. The van der Waals surface area contributed by atoms with E-state index in [9.17, 15) is 44.3 Å². The van der Waals surface area contributed by atoms with Gasteiger partial charge in [0.05, 0.1) is 29.1 Å². The molecule has 0 aliphatic carbocycles. The summed E-state index contributed by atoms with van der Waals surface area (Å²) in [5.41, 5.74) is -0.390. The third kappa shape index (κ3) is 6.89. The number of benzene rings is 1. The predicted octanol–water partition coefficient (Wildman–Crippen LogP) is 4.37. The molecule has 0 radical (unpaired) electrons. The second-order valence-electron chi connectivity index (χ2n) is 6.51. The van der Waals surface area contributed by atoms with E-state index < -0.39 is 64.5 Å². The minimum atomic E-state index is -5.17. The van der Waals surface area contributed by atoms with Gasteiger partial charge in [-0.1, -0.05) is 0 Å². The number of aromatic nitrogens is 2. The quantitative estimate of drug-likeness (QED) is 0.370. The summed E-state index contributed by atoms with van der Waals surface area (Å²) < 4.78 is 116. The Labute approximate surface area is 184 Å². The summed E-state index contributed by atoms with van der Waals surface area (Å²) in [6, 6.07) is -0.992. The average Bonchev–Trinajstić information content (AvgIpc) is 2.71. The number of halogens is 9. The summed E-state index contributed by atoms with van der Waals surface area (Å²) in [7, 11) is 0. The molecule has 2 aromatic rings. The molecule has 0 spiro atoms. The largest absolute Gasteiger partial charge is 0.419 e. The molecule has 1 heterocycles. The van der Waals surface area contributed by atoms with Gasteiger partial charge >= 0.3 is 18.5 Å². The number of hydrogen-bond acceptors (Lipinski definition) is 4. The van der Waals surface area contributed by atoms with Gasteiger partial charge in [-0.2, -0.15) is 44.5 Å². The van der Waals surface area contributed by atoms with E-state index in [1.165, 1.54) is 6.92 Å². The standard InChI is InChI=1S/C18H13F9N6O/c1-8(13(31-7-28)33-15-29-5-12(6-30-15)18(25,26)27)32-14(34)9-2-10(16(19,20)21)4-11(3-9)17(22,23)24/h2-8H,1H3,(H,32,34)(H2,28,29,30,31,33)/t8-/m0/s1. The number of rotatable bonds is 4. The molecule has 7 nitrogen and oxygen atoms in total. The van der Waals surface area contributed by atoms with Crippen LogP contribution < -0.4 is 11.1 Å². The van der Waals surface area contributed by atoms with Crippen LogP contribution in [0.25, 0.3) is 0 Å². The van der Waals surface area contributed by atoms with Crippen molar-refractivity contribution in [3.05, 3.63) is 52.8 Å². The van der Waals surface area contributed by atoms with Crippen LogP contribution in [0.15, 0.2) is 40.6 Å². The number of aliphatic imine (C=N–C) groups is 2. The maximum atomic E-state index is 13.0. The number of carbonyl (C=O) groups excluding carboxylic acids is 1. The van der Waals surface area contributed by atoms with Gasteiger partial charge in [0.25, 0.3) is 11.9 Å². The SMILES string of the molecule is C[C@H](NC(=O)c1cc(C(F)(F)F)cc(C(F)(F)F)c1)C(N=CN)=Nc1ncc(C(F)(F)F)cn1. The van der Waals surface area contributed by atoms with Gasteiger partial charge in [0.1, 0.15) is 0 Å². The first-order valence-electron chi connectivity index (χ1n) is 8.85. The molecule has 0 aliphatic heterocycles. The number of alkyl halides is 9. The lowest BCUT2D eigenvalue weighted by Gasteiger charge is -2.16. The number of amides is 1. The molecule has 0 aliphatic rings. The minimum Gasteiger partial charge on any atom is -0.390 e. The zero-order valence-electron chi connectivity index (χ0n) is 16.7. The molecular formula is C18H13F9N6O. The number of nitrogens with zero attached hydrogens (tertiary/aromatic N) is 4. The highest BCUT2D eigenvalue weighted by molar-refractivity contribution is 6.01. The van der Waals surface area contributed by atoms with Crippen molar-refractivity contribution in [2.45, 2.75) is 31.5 Å². The van der Waals surface area contributed by atoms with Gasteiger partial charge in [-0.25, -0.2) is 15.0 Å². The molecule has 0 unspecified atom stereocenters. The van der Waals surface area contributed by atoms with Crippen LogP contribution in [0.2, 0.25) is 0 Å². The minimum absolute atomic E-state index is 0.145. The highest BCUT2D eigenvalue weighted by Gasteiger charge is 2.37. The maximum absolute atomic E-state index is 13.0. The smallest absolute Gasteiger partial charge is 0.390 e. The molecule has 1 amide bonds. The van der Waals surface area contributed by atoms with E-state index in [0.717, 1.165) is 0 Å². The molecule has 0 bridgehead atoms. The third-order valence-electron chi connectivity index (χ3n) is 3.97. The first-order valence-corrected chi connectivity index (χ1v) is 8.85. The zero-order valence-corrected chi connectivity index (χ0v) is 16.7. The molecule has 0 fully saturated rings. The summed E-state index contributed by atoms with van der Waals surface area (Å²) >= 11 is 0. The molecule has 2 rings (SSSR count). The van der Waals surface area contributed by atoms with Crippen molar-refractivity contribution in [1.82, 2.24) is 15.3 Å². The topological polar surface area (TPSA) is 106 Å². The molecule has 184 valence electrons. The zero-order chi connectivity index (χ0) is 25.9. The lowest BCUT2D eigenvalue weighted by molar-refractivity contribution is -0.143. The Kier molecular flexibility index (Phi) is 7.52. The molecule has 0 saturated carbocycles. The molecule has 1 aromatic carbocycles. The van der Waals surface area contributed by atoms with Crippen molar-refractivity contribution in [1.29, 1.82) is 0 Å². The molecular weight excluding hydrogens is 487 g/mol. The van der Waals surface area contributed by atoms with E-state index in [0.29, 0.717) is 18.7 Å². The Bertz CT molecular complexity index is 1060. The Morgan fingerprint density at radius 1 is 0.912 bits per heavy atom. The van der Waals surface area contributed by atoms with E-state index >= 15 is 0 Å². The van der Waals surface area contributed by atoms with Crippen LogP contribution in [0.3, 0.4) is 0 Å². The third-order valence-corrected chi connectivity index (χ3v) is 3.97. The van der Waals surface area contributed by atoms with Gasteiger partial charge in [-0.15, -0.1) is 0 Å². The highest BCUT2D eigenvalue weighted by atomic mass is 19.4. The predicted molar refractivity (Wildman–Crippen MR) is 100 cm³/mol. The highest BCUT2D eigenvalue weighted by Crippen LogP contribution is 2.36. The number of nitrogens with one attached hydrogen (secondary N) is 1. The van der Waals surface area contributed by atoms with Crippen LogP contribution in [-0.2, 0) is 18.5 Å². The number of carbonyl (C=O) groups is 1. The van der Waals surface area contributed by atoms with Crippen LogP contribution in [0.5, 0.6) is 0 Å². The monoisotopic (exact) mass is 500 g/mol. The van der Waals surface area contributed by atoms with Gasteiger partial charge in [-0.3, -0.25) is 4.79 Å². The van der Waals surface area contributed by atoms with Crippen LogP contribution >= 0.6 is 0 Å². The van der Waals surface area contributed by atoms with Crippen molar-refractivity contribution in [3.8, 4) is 0 Å². The van der Waals surface area contributed by atoms with Gasteiger partial charge in [0.2, 0.25) is 0 Å². The van der Waals surface area contributed by atoms with Crippen molar-refractivity contribution >= 4 is 24.0 Å². The fraction of sp³-hybridized carbons (Fsp3) is 0.278. The number of nitrogens with two attached hydrogens (primary N) is 1.